The zero-order valence-corrected chi connectivity index (χ0v) is 21.1. The summed E-state index contributed by atoms with van der Waals surface area (Å²) in [4.78, 5) is 4.76. The number of hydrogen-bond donors (Lipinski definition) is 0. The van der Waals surface area contributed by atoms with Gasteiger partial charge in [0, 0.05) is 49.5 Å². The van der Waals surface area contributed by atoms with Gasteiger partial charge in [0.2, 0.25) is 0 Å². The van der Waals surface area contributed by atoms with Crippen LogP contribution in [0.5, 0.6) is 5.75 Å². The summed E-state index contributed by atoms with van der Waals surface area (Å²) in [6.07, 6.45) is 0. The van der Waals surface area contributed by atoms with Gasteiger partial charge in [0.25, 0.3) is 0 Å². The number of hydrogen-bond acceptors (Lipinski definition) is 3. The number of anilines is 1. The number of para-hydroxylation sites is 2. The van der Waals surface area contributed by atoms with Crippen LogP contribution in [0, 0.1) is 18.6 Å². The van der Waals surface area contributed by atoms with Gasteiger partial charge in [-0.05, 0) is 60.5 Å². The van der Waals surface area contributed by atoms with E-state index in [0.29, 0.717) is 10.7 Å². The topological polar surface area (TPSA) is 20.6 Å². The van der Waals surface area contributed by atoms with Crippen molar-refractivity contribution in [2.75, 3.05) is 38.2 Å². The Morgan fingerprint density at radius 1 is 0.861 bits per heavy atom. The summed E-state index contributed by atoms with van der Waals surface area (Å²) in [5, 5.41) is 0.634. The number of aromatic nitrogens is 1. The Kier molecular flexibility index (Phi) is 6.99. The van der Waals surface area contributed by atoms with E-state index in [1.165, 1.54) is 12.1 Å². The van der Waals surface area contributed by atoms with Crippen molar-refractivity contribution >= 4 is 17.3 Å². The zero-order chi connectivity index (χ0) is 25.2. The summed E-state index contributed by atoms with van der Waals surface area (Å²) >= 11 is 6.11. The van der Waals surface area contributed by atoms with E-state index in [4.69, 9.17) is 16.3 Å². The number of rotatable bonds is 6. The summed E-state index contributed by atoms with van der Waals surface area (Å²) in [6, 6.07) is 21.4. The van der Waals surface area contributed by atoms with Crippen LogP contribution < -0.4 is 9.64 Å². The van der Waals surface area contributed by atoms with E-state index in [1.54, 1.807) is 7.11 Å². The quantitative estimate of drug-likeness (QED) is 0.289. The molecule has 0 atom stereocenters. The molecule has 0 unspecified atom stereocenters. The minimum absolute atomic E-state index is 0.325. The number of nitrogens with zero attached hydrogens (tertiary/aromatic N) is 3. The second-order valence-electron chi connectivity index (χ2n) is 9.01. The molecule has 1 aliphatic rings. The van der Waals surface area contributed by atoms with E-state index in [2.05, 4.69) is 21.9 Å². The number of halogens is 3. The lowest BCUT2D eigenvalue weighted by atomic mass is 10.1. The molecule has 0 N–H and O–H groups in total. The van der Waals surface area contributed by atoms with Crippen LogP contribution in [0.4, 0.5) is 14.5 Å². The van der Waals surface area contributed by atoms with Crippen molar-refractivity contribution in [2.24, 2.45) is 0 Å². The van der Waals surface area contributed by atoms with Crippen LogP contribution in [0.25, 0.3) is 16.9 Å². The lowest BCUT2D eigenvalue weighted by Gasteiger charge is -2.36. The van der Waals surface area contributed by atoms with Crippen LogP contribution in [0.2, 0.25) is 5.02 Å². The highest BCUT2D eigenvalue weighted by atomic mass is 35.5. The zero-order valence-electron chi connectivity index (χ0n) is 20.3. The van der Waals surface area contributed by atoms with E-state index < -0.39 is 11.6 Å². The SMILES string of the molecule is COc1ccccc1N1CCN(Cc2cc(-c3ccc(Cl)cc3)n(-c3ccc(F)cc3F)c2C)CC1. The Morgan fingerprint density at radius 3 is 2.28 bits per heavy atom. The number of benzene rings is 3. The van der Waals surface area contributed by atoms with Crippen molar-refractivity contribution in [2.45, 2.75) is 13.5 Å². The molecule has 0 spiro atoms. The van der Waals surface area contributed by atoms with Crippen molar-refractivity contribution in [3.63, 3.8) is 0 Å². The molecule has 7 heteroatoms. The first-order chi connectivity index (χ1) is 17.4. The Bertz CT molecular complexity index is 1360. The van der Waals surface area contributed by atoms with Gasteiger partial charge in [-0.2, -0.15) is 0 Å². The summed E-state index contributed by atoms with van der Waals surface area (Å²) in [7, 11) is 1.70. The smallest absolute Gasteiger partial charge is 0.150 e. The Balaban J connectivity index is 1.43. The van der Waals surface area contributed by atoms with Crippen LogP contribution in [-0.2, 0) is 6.54 Å². The Hall–Kier alpha value is -3.35. The summed E-state index contributed by atoms with van der Waals surface area (Å²) < 4.78 is 36.0. The van der Waals surface area contributed by atoms with Gasteiger partial charge in [0.05, 0.1) is 24.2 Å². The molecule has 4 nitrogen and oxygen atoms in total. The first-order valence-electron chi connectivity index (χ1n) is 12.0. The molecule has 0 aliphatic carbocycles. The fourth-order valence-corrected chi connectivity index (χ4v) is 5.03. The molecule has 5 rings (SSSR count). The maximum atomic E-state index is 14.9. The molecule has 36 heavy (non-hydrogen) atoms. The monoisotopic (exact) mass is 507 g/mol. The van der Waals surface area contributed by atoms with E-state index >= 15 is 0 Å². The molecule has 1 saturated heterocycles. The van der Waals surface area contributed by atoms with E-state index in [9.17, 15) is 8.78 Å². The molecule has 1 aliphatic heterocycles. The van der Waals surface area contributed by atoms with E-state index in [1.807, 2.05) is 54.0 Å². The molecule has 3 aromatic carbocycles. The van der Waals surface area contributed by atoms with Crippen LogP contribution in [0.1, 0.15) is 11.3 Å². The molecule has 0 bridgehead atoms. The molecule has 186 valence electrons. The molecular weight excluding hydrogens is 480 g/mol. The lowest BCUT2D eigenvalue weighted by Crippen LogP contribution is -2.46. The fourth-order valence-electron chi connectivity index (χ4n) is 4.90. The van der Waals surface area contributed by atoms with Gasteiger partial charge in [-0.15, -0.1) is 0 Å². The Labute approximate surface area is 215 Å². The van der Waals surface area contributed by atoms with E-state index in [-0.39, 0.29) is 0 Å². The molecule has 1 aromatic heterocycles. The highest BCUT2D eigenvalue weighted by Gasteiger charge is 2.23. The highest BCUT2D eigenvalue weighted by molar-refractivity contribution is 6.30. The summed E-state index contributed by atoms with van der Waals surface area (Å²) in [6.45, 7) is 6.28. The predicted octanol–water partition coefficient (Wildman–Crippen LogP) is 6.72. The molecule has 0 amide bonds. The number of ether oxygens (including phenoxy) is 1. The van der Waals surface area contributed by atoms with Crippen molar-refractivity contribution in [3.8, 4) is 22.7 Å². The average Bonchev–Trinajstić information content (AvgIpc) is 3.20. The highest BCUT2D eigenvalue weighted by Crippen LogP contribution is 2.33. The van der Waals surface area contributed by atoms with Gasteiger partial charge >= 0.3 is 0 Å². The fraction of sp³-hybridized carbons (Fsp3) is 0.241. The standard InChI is InChI=1S/C29H28ClF2N3O/c1-20-22(19-33-13-15-34(16-14-33)27-5-3-4-6-29(27)36-2)17-28(21-7-9-23(30)10-8-21)35(20)26-12-11-24(31)18-25(26)32/h3-12,17-18H,13-16,19H2,1-2H3. The summed E-state index contributed by atoms with van der Waals surface area (Å²) in [5.74, 6) is -0.309. The van der Waals surface area contributed by atoms with Crippen LogP contribution in [0.3, 0.4) is 0 Å². The van der Waals surface area contributed by atoms with Gasteiger partial charge in [-0.25, -0.2) is 8.78 Å². The molecular formula is C29H28ClF2N3O. The van der Waals surface area contributed by atoms with Crippen molar-refractivity contribution < 1.29 is 13.5 Å². The second kappa shape index (κ2) is 10.3. The van der Waals surface area contributed by atoms with Crippen LogP contribution >= 0.6 is 11.6 Å². The van der Waals surface area contributed by atoms with Crippen LogP contribution in [-0.4, -0.2) is 42.8 Å². The molecule has 1 fully saturated rings. The van der Waals surface area contributed by atoms with Crippen molar-refractivity contribution in [1.82, 2.24) is 9.47 Å². The van der Waals surface area contributed by atoms with Crippen molar-refractivity contribution in [3.05, 3.63) is 101 Å². The number of methoxy groups -OCH3 is 1. The van der Waals surface area contributed by atoms with Gasteiger partial charge in [-0.3, -0.25) is 4.90 Å². The van der Waals surface area contributed by atoms with Crippen LogP contribution in [0.15, 0.2) is 72.8 Å². The van der Waals surface area contributed by atoms with Crippen molar-refractivity contribution in [1.29, 1.82) is 0 Å². The minimum atomic E-state index is -0.596. The molecule has 0 radical (unpaired) electrons. The second-order valence-corrected chi connectivity index (χ2v) is 9.45. The van der Waals surface area contributed by atoms with Gasteiger partial charge < -0.3 is 14.2 Å². The average molecular weight is 508 g/mol. The third-order valence-electron chi connectivity index (χ3n) is 6.83. The Morgan fingerprint density at radius 2 is 1.58 bits per heavy atom. The van der Waals surface area contributed by atoms with E-state index in [0.717, 1.165) is 72.7 Å². The number of piperazine rings is 1. The lowest BCUT2D eigenvalue weighted by molar-refractivity contribution is 0.248. The first-order valence-corrected chi connectivity index (χ1v) is 12.4. The predicted molar refractivity (Wildman–Crippen MR) is 141 cm³/mol. The molecule has 2 heterocycles. The maximum Gasteiger partial charge on any atom is 0.150 e. The first kappa shape index (κ1) is 24.3. The third-order valence-corrected chi connectivity index (χ3v) is 7.09. The largest absolute Gasteiger partial charge is 0.495 e. The normalized spacial score (nSPS) is 14.3. The maximum absolute atomic E-state index is 14.9. The van der Waals surface area contributed by atoms with Gasteiger partial charge in [0.1, 0.15) is 17.4 Å². The third kappa shape index (κ3) is 4.84. The molecule has 4 aromatic rings. The van der Waals surface area contributed by atoms with Gasteiger partial charge in [-0.1, -0.05) is 35.9 Å². The summed E-state index contributed by atoms with van der Waals surface area (Å²) in [5.41, 5.74) is 5.23. The minimum Gasteiger partial charge on any atom is -0.495 e. The molecule has 0 saturated carbocycles. The van der Waals surface area contributed by atoms with Gasteiger partial charge in [0.15, 0.2) is 0 Å².